The fourth-order valence-electron chi connectivity index (χ4n) is 1.26. The molecule has 13 heavy (non-hydrogen) atoms. The standard InChI is InChI=1S/C10H13NO2/c1-7(11)4-8-2-3-9-10(5-8)13-6-12-9/h2-3,5,7H,4,6,11H2,1H3/i6D2,7D. The Hall–Kier alpha value is -1.22. The van der Waals surface area contributed by atoms with E-state index in [0.717, 1.165) is 5.56 Å². The van der Waals surface area contributed by atoms with E-state index in [0.29, 0.717) is 17.9 Å². The molecule has 0 saturated heterocycles. The highest BCUT2D eigenvalue weighted by Gasteiger charge is 2.13. The first kappa shape index (κ1) is 5.50. The number of nitrogens with two attached hydrogens (primary N) is 1. The van der Waals surface area contributed by atoms with E-state index >= 15 is 0 Å². The van der Waals surface area contributed by atoms with Crippen LogP contribution in [0, 0.1) is 0 Å². The van der Waals surface area contributed by atoms with Gasteiger partial charge in [0.1, 0.15) is 2.74 Å². The maximum atomic E-state index is 7.58. The SMILES string of the molecule is [2H]C(C)(N)Cc1ccc2c(c1)OC([2H])([2H])O2. The summed E-state index contributed by atoms with van der Waals surface area (Å²) in [6, 6.07) is 3.98. The molecule has 0 saturated carbocycles. The molecule has 1 heterocycles. The number of rotatable bonds is 2. The van der Waals surface area contributed by atoms with Gasteiger partial charge in [-0.2, -0.15) is 0 Å². The molecular weight excluding hydrogens is 166 g/mol. The molecule has 2 N–H and O–H groups in total. The summed E-state index contributed by atoms with van der Waals surface area (Å²) in [7, 11) is 0. The third-order valence-electron chi connectivity index (χ3n) is 1.79. The molecule has 3 heteroatoms. The molecule has 2 rings (SSSR count). The van der Waals surface area contributed by atoms with Gasteiger partial charge < -0.3 is 15.2 Å². The first-order chi connectivity index (χ1) is 7.25. The quantitative estimate of drug-likeness (QED) is 0.750. The molecule has 1 aliphatic heterocycles. The maximum absolute atomic E-state index is 7.58. The summed E-state index contributed by atoms with van der Waals surface area (Å²) >= 11 is 0. The van der Waals surface area contributed by atoms with Crippen LogP contribution in [-0.4, -0.2) is 12.8 Å². The Balaban J connectivity index is 2.23. The second-order valence-corrected chi connectivity index (χ2v) is 3.09. The Morgan fingerprint density at radius 1 is 1.62 bits per heavy atom. The minimum Gasteiger partial charge on any atom is -0.454 e. The molecule has 0 fully saturated rings. The second kappa shape index (κ2) is 3.26. The van der Waals surface area contributed by atoms with Gasteiger partial charge in [0.2, 0.25) is 6.75 Å². The zero-order chi connectivity index (χ0) is 12.0. The van der Waals surface area contributed by atoms with Crippen LogP contribution in [-0.2, 0) is 6.42 Å². The molecule has 0 spiro atoms. The van der Waals surface area contributed by atoms with Gasteiger partial charge in [-0.3, -0.25) is 0 Å². The van der Waals surface area contributed by atoms with Crippen LogP contribution in [0.4, 0.5) is 0 Å². The highest BCUT2D eigenvalue weighted by atomic mass is 16.7. The van der Waals surface area contributed by atoms with Crippen molar-refractivity contribution < 1.29 is 13.6 Å². The van der Waals surface area contributed by atoms with Gasteiger partial charge in [0.05, 0.1) is 0 Å². The Kier molecular flexibility index (Phi) is 1.38. The zero-order valence-corrected chi connectivity index (χ0v) is 7.33. The molecular formula is C10H13NO2. The van der Waals surface area contributed by atoms with Gasteiger partial charge in [-0.25, -0.2) is 0 Å². The summed E-state index contributed by atoms with van der Waals surface area (Å²) in [5, 5.41) is 0. The van der Waals surface area contributed by atoms with Crippen molar-refractivity contribution in [3.8, 4) is 11.5 Å². The number of hydrogen-bond donors (Lipinski definition) is 1. The van der Waals surface area contributed by atoms with Gasteiger partial charge >= 0.3 is 0 Å². The molecule has 0 aromatic heterocycles. The van der Waals surface area contributed by atoms with E-state index < -0.39 is 12.8 Å². The number of benzene rings is 1. The molecule has 0 amide bonds. The van der Waals surface area contributed by atoms with Crippen molar-refractivity contribution in [1.29, 1.82) is 0 Å². The fraction of sp³-hybridized carbons (Fsp3) is 0.400. The Morgan fingerprint density at radius 2 is 2.38 bits per heavy atom. The van der Waals surface area contributed by atoms with Crippen molar-refractivity contribution in [3.05, 3.63) is 23.8 Å². The number of hydrogen-bond acceptors (Lipinski definition) is 3. The first-order valence-electron chi connectivity index (χ1n) is 5.55. The van der Waals surface area contributed by atoms with Crippen LogP contribution in [0.5, 0.6) is 11.5 Å². The van der Waals surface area contributed by atoms with Crippen LogP contribution in [0.25, 0.3) is 0 Å². The first-order valence-corrected chi connectivity index (χ1v) is 4.05. The largest absolute Gasteiger partial charge is 0.454 e. The molecule has 1 unspecified atom stereocenters. The van der Waals surface area contributed by atoms with Crippen LogP contribution < -0.4 is 15.2 Å². The summed E-state index contributed by atoms with van der Waals surface area (Å²) in [6.07, 6.45) is 0.368. The average molecular weight is 182 g/mol. The molecule has 1 aromatic carbocycles. The summed E-state index contributed by atoms with van der Waals surface area (Å²) in [6.45, 7) is -0.495. The normalized spacial score (nSPS) is 25.5. The monoisotopic (exact) mass is 182 g/mol. The van der Waals surface area contributed by atoms with E-state index in [1.807, 2.05) is 0 Å². The van der Waals surface area contributed by atoms with E-state index in [-0.39, 0.29) is 0 Å². The molecule has 0 aliphatic carbocycles. The van der Waals surface area contributed by atoms with E-state index in [9.17, 15) is 0 Å². The van der Waals surface area contributed by atoms with Crippen LogP contribution in [0.3, 0.4) is 0 Å². The topological polar surface area (TPSA) is 44.5 Å². The predicted octanol–water partition coefficient (Wildman–Crippen LogP) is 1.31. The van der Waals surface area contributed by atoms with Crippen molar-refractivity contribution >= 4 is 0 Å². The molecule has 0 bridgehead atoms. The summed E-state index contributed by atoms with van der Waals surface area (Å²) in [5.41, 5.74) is 6.41. The van der Waals surface area contributed by atoms with Crippen molar-refractivity contribution in [2.75, 3.05) is 6.75 Å². The predicted molar refractivity (Wildman–Crippen MR) is 49.9 cm³/mol. The van der Waals surface area contributed by atoms with Crippen LogP contribution in [0.2, 0.25) is 0 Å². The van der Waals surface area contributed by atoms with Gasteiger partial charge in [-0.1, -0.05) is 6.07 Å². The minimum absolute atomic E-state index is 0.353. The fourth-order valence-corrected chi connectivity index (χ4v) is 1.26. The van der Waals surface area contributed by atoms with Crippen molar-refractivity contribution in [2.45, 2.75) is 19.4 Å². The van der Waals surface area contributed by atoms with Crippen LogP contribution in [0.1, 0.15) is 16.6 Å². The molecule has 1 aromatic rings. The summed E-state index contributed by atoms with van der Waals surface area (Å²) < 4.78 is 32.0. The lowest BCUT2D eigenvalue weighted by Crippen LogP contribution is -2.17. The van der Waals surface area contributed by atoms with E-state index in [1.165, 1.54) is 0 Å². The van der Waals surface area contributed by atoms with Gasteiger partial charge in [0.15, 0.2) is 11.5 Å². The Morgan fingerprint density at radius 3 is 3.15 bits per heavy atom. The summed E-state index contributed by atoms with van der Waals surface area (Å²) in [4.78, 5) is 0. The molecule has 1 aliphatic rings. The van der Waals surface area contributed by atoms with Crippen molar-refractivity contribution in [1.82, 2.24) is 0 Å². The Bertz CT molecular complexity index is 415. The van der Waals surface area contributed by atoms with Crippen LogP contribution in [0.15, 0.2) is 18.2 Å². The lowest BCUT2D eigenvalue weighted by molar-refractivity contribution is 0.174. The average Bonchev–Trinajstić information content (AvgIpc) is 2.34. The third-order valence-corrected chi connectivity index (χ3v) is 1.79. The van der Waals surface area contributed by atoms with Crippen molar-refractivity contribution in [3.63, 3.8) is 0 Å². The van der Waals surface area contributed by atoms with Crippen molar-refractivity contribution in [2.24, 2.45) is 5.73 Å². The van der Waals surface area contributed by atoms with E-state index in [1.54, 1.807) is 25.1 Å². The molecule has 1 atom stereocenters. The second-order valence-electron chi connectivity index (χ2n) is 3.09. The zero-order valence-electron chi connectivity index (χ0n) is 10.3. The Labute approximate surface area is 81.7 Å². The number of ether oxygens (including phenoxy) is 2. The highest BCUT2D eigenvalue weighted by Crippen LogP contribution is 2.32. The lowest BCUT2D eigenvalue weighted by atomic mass is 10.1. The lowest BCUT2D eigenvalue weighted by Gasteiger charge is -2.05. The maximum Gasteiger partial charge on any atom is 0.231 e. The van der Waals surface area contributed by atoms with Crippen LogP contribution >= 0.6 is 0 Å². The highest BCUT2D eigenvalue weighted by molar-refractivity contribution is 5.44. The van der Waals surface area contributed by atoms with Gasteiger partial charge in [0.25, 0.3) is 0 Å². The number of fused-ring (bicyclic) bond motifs is 1. The van der Waals surface area contributed by atoms with Gasteiger partial charge in [0, 0.05) is 7.39 Å². The smallest absolute Gasteiger partial charge is 0.231 e. The van der Waals surface area contributed by atoms with Gasteiger partial charge in [-0.05, 0) is 31.0 Å². The van der Waals surface area contributed by atoms with Gasteiger partial charge in [-0.15, -0.1) is 0 Å². The third kappa shape index (κ3) is 1.75. The molecule has 3 nitrogen and oxygen atoms in total. The van der Waals surface area contributed by atoms with E-state index in [2.05, 4.69) is 0 Å². The van der Waals surface area contributed by atoms with E-state index in [4.69, 9.17) is 19.3 Å². The molecule has 0 radical (unpaired) electrons. The summed E-state index contributed by atoms with van der Waals surface area (Å²) in [5.74, 6) is 0.726. The molecule has 70 valence electrons. The minimum atomic E-state index is -2.10.